The van der Waals surface area contributed by atoms with Crippen molar-refractivity contribution in [2.75, 3.05) is 19.0 Å². The molecule has 0 saturated heterocycles. The maximum absolute atomic E-state index is 12.3. The molecule has 1 amide bonds. The quantitative estimate of drug-likeness (QED) is 0.505. The normalized spacial score (nSPS) is 12.0. The maximum atomic E-state index is 12.3. The molecule has 6 heteroatoms. The van der Waals surface area contributed by atoms with Gasteiger partial charge in [0.2, 0.25) is 0 Å². The van der Waals surface area contributed by atoms with Gasteiger partial charge in [-0.15, -0.1) is 0 Å². The number of hydrogen-bond acceptors (Lipinski definition) is 5. The molecule has 0 fully saturated rings. The molecule has 6 nitrogen and oxygen atoms in total. The van der Waals surface area contributed by atoms with Crippen LogP contribution in [-0.2, 0) is 9.47 Å². The molecule has 0 spiro atoms. The highest BCUT2D eigenvalue weighted by Gasteiger charge is 2.29. The third kappa shape index (κ3) is 3.40. The second kappa shape index (κ2) is 7.67. The average Bonchev–Trinajstić information content (AvgIpc) is 3.07. The number of benzene rings is 3. The van der Waals surface area contributed by atoms with Gasteiger partial charge in [-0.1, -0.05) is 54.6 Å². The average molecular weight is 389 g/mol. The fourth-order valence-electron chi connectivity index (χ4n) is 3.66. The number of aromatic hydroxyl groups is 1. The minimum Gasteiger partial charge on any atom is -0.505 e. The lowest BCUT2D eigenvalue weighted by Crippen LogP contribution is -2.18. The van der Waals surface area contributed by atoms with Crippen LogP contribution >= 0.6 is 0 Å². The number of anilines is 1. The zero-order chi connectivity index (χ0) is 20.4. The molecule has 29 heavy (non-hydrogen) atoms. The Labute approximate surface area is 167 Å². The van der Waals surface area contributed by atoms with Crippen LogP contribution in [0.25, 0.3) is 11.1 Å². The molecule has 1 aliphatic rings. The third-order valence-corrected chi connectivity index (χ3v) is 5.02. The minimum absolute atomic E-state index is 0.0380. The van der Waals surface area contributed by atoms with Gasteiger partial charge in [0.1, 0.15) is 12.2 Å². The zero-order valence-electron chi connectivity index (χ0n) is 15.7. The summed E-state index contributed by atoms with van der Waals surface area (Å²) in [4.78, 5) is 24.0. The van der Waals surface area contributed by atoms with Crippen molar-refractivity contribution in [3.63, 3.8) is 0 Å². The van der Waals surface area contributed by atoms with Crippen molar-refractivity contribution in [1.29, 1.82) is 0 Å². The van der Waals surface area contributed by atoms with Crippen LogP contribution in [0.1, 0.15) is 27.4 Å². The highest BCUT2D eigenvalue weighted by molar-refractivity contribution is 5.97. The van der Waals surface area contributed by atoms with Gasteiger partial charge in [0, 0.05) is 5.92 Å². The van der Waals surface area contributed by atoms with Crippen molar-refractivity contribution in [2.24, 2.45) is 0 Å². The molecule has 0 radical (unpaired) electrons. The Hall–Kier alpha value is -3.80. The SMILES string of the molecule is COC(=O)c1cccc(NC(=O)OCC2c3ccccc3-c3ccccc32)c1O. The Morgan fingerprint density at radius 3 is 2.17 bits per heavy atom. The maximum Gasteiger partial charge on any atom is 0.411 e. The number of fused-ring (bicyclic) bond motifs is 3. The number of para-hydroxylation sites is 1. The number of amides is 1. The Kier molecular flexibility index (Phi) is 4.91. The summed E-state index contributed by atoms with van der Waals surface area (Å²) in [5.41, 5.74) is 4.53. The number of carbonyl (C=O) groups excluding carboxylic acids is 2. The van der Waals surface area contributed by atoms with E-state index in [-0.39, 0.29) is 29.5 Å². The van der Waals surface area contributed by atoms with E-state index in [4.69, 9.17) is 4.74 Å². The molecule has 0 unspecified atom stereocenters. The van der Waals surface area contributed by atoms with Crippen LogP contribution < -0.4 is 5.32 Å². The van der Waals surface area contributed by atoms with Crippen molar-refractivity contribution < 1.29 is 24.2 Å². The molecule has 2 N–H and O–H groups in total. The Morgan fingerprint density at radius 1 is 0.931 bits per heavy atom. The van der Waals surface area contributed by atoms with Gasteiger partial charge < -0.3 is 14.6 Å². The van der Waals surface area contributed by atoms with Crippen molar-refractivity contribution in [3.8, 4) is 16.9 Å². The number of ether oxygens (including phenoxy) is 2. The monoisotopic (exact) mass is 389 g/mol. The molecular formula is C23H19NO5. The molecule has 4 rings (SSSR count). The summed E-state index contributed by atoms with van der Waals surface area (Å²) >= 11 is 0. The van der Waals surface area contributed by atoms with E-state index in [2.05, 4.69) is 22.2 Å². The van der Waals surface area contributed by atoms with Crippen LogP contribution in [0.3, 0.4) is 0 Å². The van der Waals surface area contributed by atoms with E-state index in [0.29, 0.717) is 0 Å². The van der Waals surface area contributed by atoms with Gasteiger partial charge >= 0.3 is 12.1 Å². The van der Waals surface area contributed by atoms with Crippen molar-refractivity contribution in [3.05, 3.63) is 83.4 Å². The number of methoxy groups -OCH3 is 1. The number of hydrogen-bond donors (Lipinski definition) is 2. The predicted octanol–water partition coefficient (Wildman–Crippen LogP) is 4.54. The van der Waals surface area contributed by atoms with Gasteiger partial charge in [-0.05, 0) is 34.4 Å². The number of phenols is 1. The molecule has 0 atom stereocenters. The van der Waals surface area contributed by atoms with Crippen molar-refractivity contribution in [1.82, 2.24) is 0 Å². The summed E-state index contributed by atoms with van der Waals surface area (Å²) in [6.45, 7) is 0.150. The molecule has 3 aromatic rings. The van der Waals surface area contributed by atoms with Crippen LogP contribution in [0.15, 0.2) is 66.7 Å². The van der Waals surface area contributed by atoms with Crippen molar-refractivity contribution >= 4 is 17.7 Å². The van der Waals surface area contributed by atoms with E-state index in [1.165, 1.54) is 25.3 Å². The van der Waals surface area contributed by atoms with E-state index in [1.807, 2.05) is 36.4 Å². The summed E-state index contributed by atoms with van der Waals surface area (Å²) in [5.74, 6) is -1.13. The molecule has 0 saturated carbocycles. The number of phenolic OH excluding ortho intramolecular Hbond substituents is 1. The summed E-state index contributed by atoms with van der Waals surface area (Å²) in [7, 11) is 1.22. The highest BCUT2D eigenvalue weighted by Crippen LogP contribution is 2.44. The van der Waals surface area contributed by atoms with E-state index >= 15 is 0 Å². The lowest BCUT2D eigenvalue weighted by Gasteiger charge is -2.15. The van der Waals surface area contributed by atoms with Gasteiger partial charge in [0.25, 0.3) is 0 Å². The van der Waals surface area contributed by atoms with Gasteiger partial charge in [-0.2, -0.15) is 0 Å². The highest BCUT2D eigenvalue weighted by atomic mass is 16.5. The zero-order valence-corrected chi connectivity index (χ0v) is 15.7. The standard InChI is InChI=1S/C23H19NO5/c1-28-22(26)18-11-6-12-20(21(18)25)24-23(27)29-13-19-16-9-4-2-7-14(16)15-8-3-5-10-17(15)19/h2-12,19,25H,13H2,1H3,(H,24,27). The second-order valence-electron chi connectivity index (χ2n) is 6.64. The third-order valence-electron chi connectivity index (χ3n) is 5.02. The fourth-order valence-corrected chi connectivity index (χ4v) is 3.66. The summed E-state index contributed by atoms with van der Waals surface area (Å²) in [5, 5.41) is 12.7. The molecule has 0 aliphatic heterocycles. The Morgan fingerprint density at radius 2 is 1.55 bits per heavy atom. The number of esters is 1. The number of carbonyl (C=O) groups is 2. The van der Waals surface area contributed by atoms with Crippen LogP contribution in [0.5, 0.6) is 5.75 Å². The Balaban J connectivity index is 1.49. The van der Waals surface area contributed by atoms with Gasteiger partial charge in [-0.25, -0.2) is 9.59 Å². The predicted molar refractivity (Wildman–Crippen MR) is 108 cm³/mol. The molecule has 3 aromatic carbocycles. The van der Waals surface area contributed by atoms with Gasteiger partial charge in [0.15, 0.2) is 5.75 Å². The lowest BCUT2D eigenvalue weighted by atomic mass is 9.98. The van der Waals surface area contributed by atoms with E-state index in [0.717, 1.165) is 22.3 Å². The van der Waals surface area contributed by atoms with E-state index in [9.17, 15) is 14.7 Å². The fraction of sp³-hybridized carbons (Fsp3) is 0.130. The largest absolute Gasteiger partial charge is 0.505 e. The molecule has 1 aliphatic carbocycles. The first-order valence-electron chi connectivity index (χ1n) is 9.12. The van der Waals surface area contributed by atoms with Gasteiger partial charge in [0.05, 0.1) is 12.8 Å². The minimum atomic E-state index is -0.718. The molecule has 0 aromatic heterocycles. The van der Waals surface area contributed by atoms with E-state index < -0.39 is 12.1 Å². The Bertz CT molecular complexity index is 1050. The second-order valence-corrected chi connectivity index (χ2v) is 6.64. The molecule has 0 heterocycles. The first-order valence-corrected chi connectivity index (χ1v) is 9.12. The molecule has 0 bridgehead atoms. The number of nitrogens with one attached hydrogen (secondary N) is 1. The molecule has 146 valence electrons. The smallest absolute Gasteiger partial charge is 0.411 e. The van der Waals surface area contributed by atoms with Crippen LogP contribution in [-0.4, -0.2) is 30.9 Å². The van der Waals surface area contributed by atoms with Crippen LogP contribution in [0.4, 0.5) is 10.5 Å². The van der Waals surface area contributed by atoms with Gasteiger partial charge in [-0.3, -0.25) is 5.32 Å². The van der Waals surface area contributed by atoms with E-state index in [1.54, 1.807) is 0 Å². The summed E-state index contributed by atoms with van der Waals surface area (Å²) < 4.78 is 10.1. The summed E-state index contributed by atoms with van der Waals surface area (Å²) in [6, 6.07) is 20.5. The first kappa shape index (κ1) is 18.6. The first-order chi connectivity index (χ1) is 14.1. The lowest BCUT2D eigenvalue weighted by molar-refractivity contribution is 0.0597. The number of rotatable bonds is 4. The molecular weight excluding hydrogens is 370 g/mol. The summed E-state index contributed by atoms with van der Waals surface area (Å²) in [6.07, 6.45) is -0.718. The van der Waals surface area contributed by atoms with Crippen LogP contribution in [0, 0.1) is 0 Å². The topological polar surface area (TPSA) is 84.9 Å². The van der Waals surface area contributed by atoms with Crippen LogP contribution in [0.2, 0.25) is 0 Å². The van der Waals surface area contributed by atoms with Crippen molar-refractivity contribution in [2.45, 2.75) is 5.92 Å².